The van der Waals surface area contributed by atoms with Gasteiger partial charge >= 0.3 is 5.97 Å². The number of carbonyl (C=O) groups excluding carboxylic acids is 1. The number of aromatic nitrogens is 1. The highest BCUT2D eigenvalue weighted by atomic mass is 16.4. The summed E-state index contributed by atoms with van der Waals surface area (Å²) in [6.45, 7) is 2.29. The van der Waals surface area contributed by atoms with Crippen molar-refractivity contribution in [3.05, 3.63) is 24.0 Å². The second-order valence-corrected chi connectivity index (χ2v) is 3.18. The minimum Gasteiger partial charge on any atom is -0.478 e. The maximum Gasteiger partial charge on any atom is 0.339 e. The fourth-order valence-electron chi connectivity index (χ4n) is 1.38. The van der Waals surface area contributed by atoms with Crippen LogP contribution in [0.25, 0.3) is 0 Å². The van der Waals surface area contributed by atoms with Gasteiger partial charge in [0.1, 0.15) is 5.56 Å². The van der Waals surface area contributed by atoms with E-state index in [0.717, 1.165) is 0 Å². The quantitative estimate of drug-likeness (QED) is 0.737. The van der Waals surface area contributed by atoms with E-state index in [1.165, 1.54) is 12.4 Å². The summed E-state index contributed by atoms with van der Waals surface area (Å²) in [6.07, 6.45) is 2.73. The van der Waals surface area contributed by atoms with E-state index in [9.17, 15) is 9.59 Å². The van der Waals surface area contributed by atoms with Gasteiger partial charge in [0.25, 0.3) is 0 Å². The van der Waals surface area contributed by atoms with Gasteiger partial charge in [-0.2, -0.15) is 0 Å². The summed E-state index contributed by atoms with van der Waals surface area (Å²) in [6, 6.07) is 1.55. The Balaban J connectivity index is 3.08. The normalized spacial score (nSPS) is 9.81. The van der Waals surface area contributed by atoms with Crippen LogP contribution in [-0.2, 0) is 4.79 Å². The molecule has 1 aromatic rings. The molecule has 1 heterocycles. The highest BCUT2D eigenvalue weighted by Crippen LogP contribution is 2.18. The zero-order valence-corrected chi connectivity index (χ0v) is 8.88. The van der Waals surface area contributed by atoms with Crippen LogP contribution in [0.5, 0.6) is 0 Å². The van der Waals surface area contributed by atoms with Crippen molar-refractivity contribution in [2.75, 3.05) is 18.0 Å². The number of hydrogen-bond donors (Lipinski definition) is 2. The topological polar surface area (TPSA) is 96.5 Å². The predicted octanol–water partition coefficient (Wildman–Crippen LogP) is 0.0914. The van der Waals surface area contributed by atoms with E-state index in [0.29, 0.717) is 12.2 Å². The molecule has 1 rings (SSSR count). The minimum absolute atomic E-state index is 0.0131. The molecule has 0 aliphatic rings. The van der Waals surface area contributed by atoms with Crippen LogP contribution in [0.3, 0.4) is 0 Å². The molecule has 86 valence electrons. The van der Waals surface area contributed by atoms with Crippen LogP contribution in [0.15, 0.2) is 18.5 Å². The van der Waals surface area contributed by atoms with E-state index >= 15 is 0 Å². The Morgan fingerprint density at radius 2 is 2.25 bits per heavy atom. The zero-order valence-electron chi connectivity index (χ0n) is 8.88. The standard InChI is InChI=1S/C10H13N3O3/c1-2-13(6-9(11)14)8-3-4-12-5-7(8)10(15)16/h3-5H,2,6H2,1H3,(H2,11,14)(H,15,16). The fourth-order valence-corrected chi connectivity index (χ4v) is 1.38. The van der Waals surface area contributed by atoms with Gasteiger partial charge in [-0.3, -0.25) is 9.78 Å². The molecule has 0 spiro atoms. The van der Waals surface area contributed by atoms with E-state index in [4.69, 9.17) is 10.8 Å². The Morgan fingerprint density at radius 3 is 2.75 bits per heavy atom. The molecule has 0 bridgehead atoms. The lowest BCUT2D eigenvalue weighted by Crippen LogP contribution is -2.34. The number of pyridine rings is 1. The average Bonchev–Trinajstić information content (AvgIpc) is 2.25. The van der Waals surface area contributed by atoms with Crippen molar-refractivity contribution in [2.24, 2.45) is 5.73 Å². The molecule has 0 atom stereocenters. The van der Waals surface area contributed by atoms with Gasteiger partial charge in [0.15, 0.2) is 0 Å². The summed E-state index contributed by atoms with van der Waals surface area (Å²) < 4.78 is 0. The van der Waals surface area contributed by atoms with Gasteiger partial charge in [-0.15, -0.1) is 0 Å². The third kappa shape index (κ3) is 2.69. The molecule has 3 N–H and O–H groups in total. The van der Waals surface area contributed by atoms with Crippen molar-refractivity contribution in [1.29, 1.82) is 0 Å². The average molecular weight is 223 g/mol. The maximum atomic E-state index is 10.9. The Kier molecular flexibility index (Phi) is 3.82. The van der Waals surface area contributed by atoms with Crippen molar-refractivity contribution >= 4 is 17.6 Å². The summed E-state index contributed by atoms with van der Waals surface area (Å²) in [5.74, 6) is -1.58. The molecule has 0 fully saturated rings. The van der Waals surface area contributed by atoms with Gasteiger partial charge in [0, 0.05) is 18.9 Å². The largest absolute Gasteiger partial charge is 0.478 e. The highest BCUT2D eigenvalue weighted by Gasteiger charge is 2.16. The number of carboxylic acids is 1. The Labute approximate surface area is 92.7 Å². The van der Waals surface area contributed by atoms with Crippen LogP contribution in [0.2, 0.25) is 0 Å². The summed E-state index contributed by atoms with van der Waals surface area (Å²) in [4.78, 5) is 27.1. The number of nitrogens with zero attached hydrogens (tertiary/aromatic N) is 2. The fraction of sp³-hybridized carbons (Fsp3) is 0.300. The molecule has 6 nitrogen and oxygen atoms in total. The Bertz CT molecular complexity index is 406. The van der Waals surface area contributed by atoms with Crippen LogP contribution in [0.1, 0.15) is 17.3 Å². The first-order valence-corrected chi connectivity index (χ1v) is 4.76. The van der Waals surface area contributed by atoms with Crippen molar-refractivity contribution < 1.29 is 14.7 Å². The number of primary amides is 1. The van der Waals surface area contributed by atoms with Gasteiger partial charge in [-0.1, -0.05) is 0 Å². The van der Waals surface area contributed by atoms with Crippen LogP contribution in [-0.4, -0.2) is 35.1 Å². The lowest BCUT2D eigenvalue weighted by atomic mass is 10.2. The van der Waals surface area contributed by atoms with E-state index in [2.05, 4.69) is 4.98 Å². The second-order valence-electron chi connectivity index (χ2n) is 3.18. The molecule has 0 aliphatic heterocycles. The highest BCUT2D eigenvalue weighted by molar-refractivity contribution is 5.94. The number of likely N-dealkylation sites (N-methyl/N-ethyl adjacent to an activating group) is 1. The van der Waals surface area contributed by atoms with E-state index in [1.54, 1.807) is 11.0 Å². The molecule has 0 saturated carbocycles. The SMILES string of the molecule is CCN(CC(N)=O)c1ccncc1C(=O)O. The van der Waals surface area contributed by atoms with E-state index in [1.807, 2.05) is 6.92 Å². The van der Waals surface area contributed by atoms with Crippen molar-refractivity contribution in [3.63, 3.8) is 0 Å². The smallest absolute Gasteiger partial charge is 0.339 e. The lowest BCUT2D eigenvalue weighted by molar-refractivity contribution is -0.116. The Morgan fingerprint density at radius 1 is 1.56 bits per heavy atom. The number of aromatic carboxylic acids is 1. The zero-order chi connectivity index (χ0) is 12.1. The third-order valence-electron chi connectivity index (χ3n) is 2.10. The first kappa shape index (κ1) is 12.0. The van der Waals surface area contributed by atoms with Crippen LogP contribution >= 0.6 is 0 Å². The Hall–Kier alpha value is -2.11. The van der Waals surface area contributed by atoms with Crippen molar-refractivity contribution in [1.82, 2.24) is 4.98 Å². The van der Waals surface area contributed by atoms with Gasteiger partial charge < -0.3 is 15.7 Å². The number of nitrogens with two attached hydrogens (primary N) is 1. The molecule has 1 amide bonds. The number of amides is 1. The van der Waals surface area contributed by atoms with Gasteiger partial charge in [0.2, 0.25) is 5.91 Å². The predicted molar refractivity (Wildman–Crippen MR) is 58.3 cm³/mol. The van der Waals surface area contributed by atoms with Gasteiger partial charge in [0.05, 0.1) is 12.2 Å². The molecule has 0 saturated heterocycles. The van der Waals surface area contributed by atoms with Crippen LogP contribution in [0, 0.1) is 0 Å². The molecular formula is C10H13N3O3. The monoisotopic (exact) mass is 223 g/mol. The van der Waals surface area contributed by atoms with E-state index < -0.39 is 11.9 Å². The summed E-state index contributed by atoms with van der Waals surface area (Å²) in [5.41, 5.74) is 5.60. The summed E-state index contributed by atoms with van der Waals surface area (Å²) >= 11 is 0. The molecule has 1 aromatic heterocycles. The third-order valence-corrected chi connectivity index (χ3v) is 2.10. The molecule has 0 aliphatic carbocycles. The number of hydrogen-bond acceptors (Lipinski definition) is 4. The minimum atomic E-state index is -1.08. The second kappa shape index (κ2) is 5.11. The number of carbonyl (C=O) groups is 2. The van der Waals surface area contributed by atoms with Crippen LogP contribution in [0.4, 0.5) is 5.69 Å². The van der Waals surface area contributed by atoms with Crippen molar-refractivity contribution in [3.8, 4) is 0 Å². The lowest BCUT2D eigenvalue weighted by Gasteiger charge is -2.22. The van der Waals surface area contributed by atoms with Gasteiger partial charge in [-0.05, 0) is 13.0 Å². The molecular weight excluding hydrogens is 210 g/mol. The molecule has 16 heavy (non-hydrogen) atoms. The first-order valence-electron chi connectivity index (χ1n) is 4.76. The summed E-state index contributed by atoms with van der Waals surface area (Å²) in [7, 11) is 0. The summed E-state index contributed by atoms with van der Waals surface area (Å²) in [5, 5.41) is 8.96. The van der Waals surface area contributed by atoms with Crippen molar-refractivity contribution in [2.45, 2.75) is 6.92 Å². The maximum absolute atomic E-state index is 10.9. The van der Waals surface area contributed by atoms with Crippen LogP contribution < -0.4 is 10.6 Å². The molecule has 0 radical (unpaired) electrons. The first-order chi connectivity index (χ1) is 7.56. The molecule has 6 heteroatoms. The molecule has 0 aromatic carbocycles. The van der Waals surface area contributed by atoms with E-state index in [-0.39, 0.29) is 12.1 Å². The number of rotatable bonds is 5. The van der Waals surface area contributed by atoms with Gasteiger partial charge in [-0.25, -0.2) is 4.79 Å². The number of anilines is 1. The number of carboxylic acid groups (broad SMARTS) is 1. The molecule has 0 unspecified atom stereocenters.